The number of hydrogen-bond donors (Lipinski definition) is 0. The standard InChI is InChI=1S/C17H14O4/c1-20-10-3-5-11-9(8-10)2-4-13-12(11)6-7-14-15(13)17(19)21-16(14)18/h2-5,8,14-15H,6-7H2,1H3/t14-,15-/m1/s1. The van der Waals surface area contributed by atoms with Crippen molar-refractivity contribution >= 4 is 22.7 Å². The van der Waals surface area contributed by atoms with Crippen LogP contribution in [0.25, 0.3) is 10.8 Å². The molecule has 1 aliphatic carbocycles. The van der Waals surface area contributed by atoms with Gasteiger partial charge in [-0.1, -0.05) is 18.2 Å². The zero-order valence-electron chi connectivity index (χ0n) is 11.6. The van der Waals surface area contributed by atoms with E-state index in [0.717, 1.165) is 34.1 Å². The molecule has 0 bridgehead atoms. The van der Waals surface area contributed by atoms with Crippen LogP contribution >= 0.6 is 0 Å². The highest BCUT2D eigenvalue weighted by Gasteiger charge is 2.47. The second-order valence-corrected chi connectivity index (χ2v) is 5.58. The summed E-state index contributed by atoms with van der Waals surface area (Å²) in [7, 11) is 1.64. The largest absolute Gasteiger partial charge is 0.497 e. The average Bonchev–Trinajstić information content (AvgIpc) is 2.81. The molecule has 2 aliphatic rings. The maximum absolute atomic E-state index is 12.0. The van der Waals surface area contributed by atoms with Crippen LogP contribution in [0.15, 0.2) is 30.3 Å². The number of aryl methyl sites for hydroxylation is 1. The van der Waals surface area contributed by atoms with E-state index in [1.54, 1.807) is 7.11 Å². The Morgan fingerprint density at radius 1 is 1.14 bits per heavy atom. The number of cyclic esters (lactones) is 2. The van der Waals surface area contributed by atoms with Gasteiger partial charge >= 0.3 is 11.9 Å². The van der Waals surface area contributed by atoms with Gasteiger partial charge in [-0.2, -0.15) is 0 Å². The van der Waals surface area contributed by atoms with Gasteiger partial charge in [0.1, 0.15) is 5.75 Å². The number of hydrogen-bond acceptors (Lipinski definition) is 4. The van der Waals surface area contributed by atoms with Gasteiger partial charge in [0.2, 0.25) is 0 Å². The van der Waals surface area contributed by atoms with Gasteiger partial charge in [-0.15, -0.1) is 0 Å². The van der Waals surface area contributed by atoms with Crippen molar-refractivity contribution in [1.29, 1.82) is 0 Å². The predicted octanol–water partition coefficient (Wildman–Crippen LogP) is 2.58. The number of carbonyl (C=O) groups excluding carboxylic acids is 2. The van der Waals surface area contributed by atoms with E-state index < -0.39 is 11.9 Å². The fourth-order valence-corrected chi connectivity index (χ4v) is 3.55. The van der Waals surface area contributed by atoms with Crippen LogP contribution in [0.2, 0.25) is 0 Å². The Morgan fingerprint density at radius 2 is 2.00 bits per heavy atom. The van der Waals surface area contributed by atoms with Gasteiger partial charge in [0.05, 0.1) is 18.9 Å². The van der Waals surface area contributed by atoms with Gasteiger partial charge in [0, 0.05) is 0 Å². The van der Waals surface area contributed by atoms with E-state index in [-0.39, 0.29) is 11.9 Å². The first-order valence-electron chi connectivity index (χ1n) is 7.04. The summed E-state index contributed by atoms with van der Waals surface area (Å²) >= 11 is 0. The third-order valence-electron chi connectivity index (χ3n) is 4.58. The summed E-state index contributed by atoms with van der Waals surface area (Å²) in [6.45, 7) is 0. The lowest BCUT2D eigenvalue weighted by Crippen LogP contribution is -2.23. The van der Waals surface area contributed by atoms with E-state index in [9.17, 15) is 9.59 Å². The summed E-state index contributed by atoms with van der Waals surface area (Å²) in [6, 6.07) is 9.87. The maximum Gasteiger partial charge on any atom is 0.321 e. The molecule has 1 aliphatic heterocycles. The van der Waals surface area contributed by atoms with Crippen molar-refractivity contribution in [3.05, 3.63) is 41.5 Å². The fraction of sp³-hybridized carbons (Fsp3) is 0.294. The van der Waals surface area contributed by atoms with Crippen LogP contribution in [0, 0.1) is 5.92 Å². The molecule has 0 saturated carbocycles. The van der Waals surface area contributed by atoms with Crippen molar-refractivity contribution in [3.8, 4) is 5.75 Å². The zero-order valence-corrected chi connectivity index (χ0v) is 11.6. The van der Waals surface area contributed by atoms with Crippen LogP contribution < -0.4 is 4.74 Å². The molecule has 2 aromatic carbocycles. The molecular formula is C17H14O4. The monoisotopic (exact) mass is 282 g/mol. The smallest absolute Gasteiger partial charge is 0.321 e. The summed E-state index contributed by atoms with van der Waals surface area (Å²) in [4.78, 5) is 23.7. The van der Waals surface area contributed by atoms with Crippen molar-refractivity contribution in [3.63, 3.8) is 0 Å². The lowest BCUT2D eigenvalue weighted by Gasteiger charge is -2.25. The molecule has 1 heterocycles. The first-order chi connectivity index (χ1) is 10.2. The topological polar surface area (TPSA) is 52.6 Å². The first-order valence-corrected chi connectivity index (χ1v) is 7.04. The summed E-state index contributed by atoms with van der Waals surface area (Å²) in [5, 5.41) is 2.21. The third kappa shape index (κ3) is 1.68. The normalized spacial score (nSPS) is 23.7. The summed E-state index contributed by atoms with van der Waals surface area (Å²) in [5.74, 6) is -0.690. The molecular weight excluding hydrogens is 268 g/mol. The van der Waals surface area contributed by atoms with Crippen LogP contribution in [-0.4, -0.2) is 19.0 Å². The van der Waals surface area contributed by atoms with Gasteiger partial charge < -0.3 is 9.47 Å². The second kappa shape index (κ2) is 4.32. The summed E-state index contributed by atoms with van der Waals surface area (Å²) < 4.78 is 10.1. The molecule has 0 aromatic heterocycles. The van der Waals surface area contributed by atoms with Crippen LogP contribution in [0.5, 0.6) is 5.75 Å². The Hall–Kier alpha value is -2.36. The third-order valence-corrected chi connectivity index (χ3v) is 4.58. The Kier molecular flexibility index (Phi) is 2.55. The molecule has 4 nitrogen and oxygen atoms in total. The Bertz CT molecular complexity index is 778. The number of rotatable bonds is 1. The van der Waals surface area contributed by atoms with E-state index >= 15 is 0 Å². The molecule has 0 radical (unpaired) electrons. The van der Waals surface area contributed by atoms with Crippen LogP contribution in [0.4, 0.5) is 0 Å². The lowest BCUT2D eigenvalue weighted by atomic mass is 9.75. The van der Waals surface area contributed by atoms with E-state index in [0.29, 0.717) is 6.42 Å². The molecule has 1 fully saturated rings. The fourth-order valence-electron chi connectivity index (χ4n) is 3.55. The number of benzene rings is 2. The first kappa shape index (κ1) is 12.4. The van der Waals surface area contributed by atoms with E-state index in [4.69, 9.17) is 9.47 Å². The lowest BCUT2D eigenvalue weighted by molar-refractivity contribution is -0.153. The number of fused-ring (bicyclic) bond motifs is 5. The number of carbonyl (C=O) groups is 2. The van der Waals surface area contributed by atoms with Crippen molar-refractivity contribution in [2.75, 3.05) is 7.11 Å². The molecule has 1 saturated heterocycles. The molecule has 106 valence electrons. The van der Waals surface area contributed by atoms with E-state index in [1.165, 1.54) is 0 Å². The quantitative estimate of drug-likeness (QED) is 0.596. The van der Waals surface area contributed by atoms with Gasteiger partial charge in [-0.05, 0) is 46.9 Å². The minimum absolute atomic E-state index is 0.305. The van der Waals surface area contributed by atoms with Crippen molar-refractivity contribution in [2.24, 2.45) is 5.92 Å². The molecule has 0 N–H and O–H groups in total. The maximum atomic E-state index is 12.0. The SMILES string of the molecule is COc1ccc2c3c(ccc2c1)[C@H]1C(=O)OC(=O)[C@@H]1CC3. The minimum atomic E-state index is -0.423. The summed E-state index contributed by atoms with van der Waals surface area (Å²) in [5.41, 5.74) is 2.10. The Labute approximate surface area is 121 Å². The molecule has 21 heavy (non-hydrogen) atoms. The molecule has 0 spiro atoms. The van der Waals surface area contributed by atoms with Crippen molar-refractivity contribution in [2.45, 2.75) is 18.8 Å². The van der Waals surface area contributed by atoms with Crippen molar-refractivity contribution < 1.29 is 19.1 Å². The second-order valence-electron chi connectivity index (χ2n) is 5.58. The zero-order chi connectivity index (χ0) is 14.6. The Balaban J connectivity index is 1.92. The highest BCUT2D eigenvalue weighted by Crippen LogP contribution is 2.44. The highest BCUT2D eigenvalue weighted by molar-refractivity contribution is 6.01. The van der Waals surface area contributed by atoms with E-state index in [2.05, 4.69) is 0 Å². The van der Waals surface area contributed by atoms with E-state index in [1.807, 2.05) is 30.3 Å². The Morgan fingerprint density at radius 3 is 2.81 bits per heavy atom. The van der Waals surface area contributed by atoms with Gasteiger partial charge in [-0.3, -0.25) is 9.59 Å². The van der Waals surface area contributed by atoms with Crippen LogP contribution in [0.1, 0.15) is 23.5 Å². The number of methoxy groups -OCH3 is 1. The molecule has 0 unspecified atom stereocenters. The minimum Gasteiger partial charge on any atom is -0.497 e. The van der Waals surface area contributed by atoms with Crippen LogP contribution in [0.3, 0.4) is 0 Å². The molecule has 4 rings (SSSR count). The highest BCUT2D eigenvalue weighted by atomic mass is 16.6. The predicted molar refractivity (Wildman–Crippen MR) is 76.2 cm³/mol. The van der Waals surface area contributed by atoms with Crippen molar-refractivity contribution in [1.82, 2.24) is 0 Å². The molecule has 0 amide bonds. The summed E-state index contributed by atoms with van der Waals surface area (Å²) in [6.07, 6.45) is 1.47. The van der Waals surface area contributed by atoms with Crippen LogP contribution in [-0.2, 0) is 20.7 Å². The molecule has 2 atom stereocenters. The number of ether oxygens (including phenoxy) is 2. The van der Waals surface area contributed by atoms with Gasteiger partial charge in [0.25, 0.3) is 0 Å². The van der Waals surface area contributed by atoms with Gasteiger partial charge in [-0.25, -0.2) is 0 Å². The molecule has 4 heteroatoms. The molecule has 2 aromatic rings. The average molecular weight is 282 g/mol. The van der Waals surface area contributed by atoms with Gasteiger partial charge in [0.15, 0.2) is 0 Å². The number of esters is 2.